The Morgan fingerprint density at radius 3 is 3.00 bits per heavy atom. The van der Waals surface area contributed by atoms with Gasteiger partial charge in [-0.3, -0.25) is 0 Å². The van der Waals surface area contributed by atoms with E-state index in [0.717, 1.165) is 25.1 Å². The average molecular weight is 219 g/mol. The van der Waals surface area contributed by atoms with Gasteiger partial charge in [0, 0.05) is 6.54 Å². The molecule has 0 heterocycles. The first-order chi connectivity index (χ1) is 7.84. The van der Waals surface area contributed by atoms with Crippen LogP contribution in [0.3, 0.4) is 0 Å². The molecule has 1 aromatic carbocycles. The van der Waals surface area contributed by atoms with Gasteiger partial charge in [0.1, 0.15) is 5.82 Å². The van der Waals surface area contributed by atoms with Crippen LogP contribution in [0.25, 0.3) is 0 Å². The summed E-state index contributed by atoms with van der Waals surface area (Å²) in [7, 11) is 0. The topological polar surface area (TPSA) is 12.0 Å². The Morgan fingerprint density at radius 1 is 1.31 bits per heavy atom. The highest BCUT2D eigenvalue weighted by Crippen LogP contribution is 2.19. The predicted octanol–water partition coefficient (Wildman–Crippen LogP) is 3.42. The molecule has 0 amide bonds. The molecule has 1 N–H and O–H groups in total. The van der Waals surface area contributed by atoms with Gasteiger partial charge in [0.2, 0.25) is 0 Å². The van der Waals surface area contributed by atoms with Crippen LogP contribution in [0.15, 0.2) is 35.9 Å². The van der Waals surface area contributed by atoms with Crippen LogP contribution >= 0.6 is 0 Å². The van der Waals surface area contributed by atoms with Crippen LogP contribution in [-0.4, -0.2) is 6.54 Å². The molecular formula is C14H18FN. The lowest BCUT2D eigenvalue weighted by molar-refractivity contribution is 0.619. The van der Waals surface area contributed by atoms with Gasteiger partial charge < -0.3 is 5.32 Å². The summed E-state index contributed by atoms with van der Waals surface area (Å²) >= 11 is 0. The van der Waals surface area contributed by atoms with Gasteiger partial charge in [0.25, 0.3) is 0 Å². The van der Waals surface area contributed by atoms with Gasteiger partial charge in [-0.1, -0.05) is 23.8 Å². The first kappa shape index (κ1) is 11.3. The van der Waals surface area contributed by atoms with E-state index in [0.29, 0.717) is 0 Å². The molecule has 0 spiro atoms. The maximum absolute atomic E-state index is 12.9. The van der Waals surface area contributed by atoms with Crippen molar-refractivity contribution >= 4 is 0 Å². The number of nitrogens with one attached hydrogen (secondary N) is 1. The maximum atomic E-state index is 12.9. The van der Waals surface area contributed by atoms with Gasteiger partial charge in [0.05, 0.1) is 0 Å². The zero-order chi connectivity index (χ0) is 11.2. The van der Waals surface area contributed by atoms with Crippen LogP contribution in [0.5, 0.6) is 0 Å². The third-order valence-corrected chi connectivity index (χ3v) is 2.98. The summed E-state index contributed by atoms with van der Waals surface area (Å²) in [5, 5.41) is 3.35. The molecule has 1 nitrogen and oxygen atoms in total. The lowest BCUT2D eigenvalue weighted by Crippen LogP contribution is -2.15. The van der Waals surface area contributed by atoms with Crippen LogP contribution in [0.4, 0.5) is 4.39 Å². The molecule has 0 radical (unpaired) electrons. The molecule has 1 aliphatic carbocycles. The van der Waals surface area contributed by atoms with E-state index in [4.69, 9.17) is 0 Å². The van der Waals surface area contributed by atoms with Crippen LogP contribution < -0.4 is 5.32 Å². The number of rotatable bonds is 5. The minimum atomic E-state index is -0.155. The quantitative estimate of drug-likeness (QED) is 0.591. The first-order valence-electron chi connectivity index (χ1n) is 5.98. The second kappa shape index (κ2) is 5.80. The Balaban J connectivity index is 1.68. The lowest BCUT2D eigenvalue weighted by Gasteiger charge is -2.05. The monoisotopic (exact) mass is 219 g/mol. The van der Waals surface area contributed by atoms with E-state index in [2.05, 4.69) is 11.4 Å². The van der Waals surface area contributed by atoms with E-state index in [1.54, 1.807) is 17.7 Å². The van der Waals surface area contributed by atoms with Crippen molar-refractivity contribution in [2.75, 3.05) is 6.54 Å². The summed E-state index contributed by atoms with van der Waals surface area (Å²) in [5.74, 6) is -0.155. The first-order valence-corrected chi connectivity index (χ1v) is 5.98. The molecule has 0 saturated carbocycles. The minimum Gasteiger partial charge on any atom is -0.312 e. The Labute approximate surface area is 96.4 Å². The summed E-state index contributed by atoms with van der Waals surface area (Å²) in [5.41, 5.74) is 2.59. The fourth-order valence-corrected chi connectivity index (χ4v) is 2.09. The van der Waals surface area contributed by atoms with Crippen molar-refractivity contribution in [2.24, 2.45) is 0 Å². The molecule has 86 valence electrons. The van der Waals surface area contributed by atoms with Gasteiger partial charge in [-0.25, -0.2) is 4.39 Å². The zero-order valence-corrected chi connectivity index (χ0v) is 9.51. The molecule has 0 bridgehead atoms. The summed E-state index contributed by atoms with van der Waals surface area (Å²) in [6.45, 7) is 1.74. The van der Waals surface area contributed by atoms with Crippen molar-refractivity contribution in [1.82, 2.24) is 5.32 Å². The van der Waals surface area contributed by atoms with Gasteiger partial charge in [-0.05, 0) is 49.9 Å². The SMILES string of the molecule is Fc1cccc(CNCCC2=CCCC2)c1. The average Bonchev–Trinajstić information content (AvgIpc) is 2.77. The van der Waals surface area contributed by atoms with E-state index in [1.165, 1.54) is 25.3 Å². The molecule has 0 aromatic heterocycles. The van der Waals surface area contributed by atoms with Crippen LogP contribution in [0, 0.1) is 5.82 Å². The summed E-state index contributed by atoms with van der Waals surface area (Å²) in [4.78, 5) is 0. The predicted molar refractivity (Wildman–Crippen MR) is 64.7 cm³/mol. The fraction of sp³-hybridized carbons (Fsp3) is 0.429. The molecule has 2 rings (SSSR count). The Morgan fingerprint density at radius 2 is 2.25 bits per heavy atom. The normalized spacial score (nSPS) is 15.2. The van der Waals surface area contributed by atoms with Gasteiger partial charge in [-0.2, -0.15) is 0 Å². The number of hydrogen-bond acceptors (Lipinski definition) is 1. The molecule has 0 aliphatic heterocycles. The molecule has 16 heavy (non-hydrogen) atoms. The van der Waals surface area contributed by atoms with Crippen molar-refractivity contribution in [3.8, 4) is 0 Å². The molecule has 1 aliphatic rings. The van der Waals surface area contributed by atoms with Crippen molar-refractivity contribution < 1.29 is 4.39 Å². The third kappa shape index (κ3) is 3.46. The highest BCUT2D eigenvalue weighted by molar-refractivity contribution is 5.16. The van der Waals surface area contributed by atoms with Gasteiger partial charge in [0.15, 0.2) is 0 Å². The third-order valence-electron chi connectivity index (χ3n) is 2.98. The van der Waals surface area contributed by atoms with E-state index < -0.39 is 0 Å². The van der Waals surface area contributed by atoms with Crippen molar-refractivity contribution in [1.29, 1.82) is 0 Å². The number of halogens is 1. The summed E-state index contributed by atoms with van der Waals surface area (Å²) in [6.07, 6.45) is 7.32. The largest absolute Gasteiger partial charge is 0.312 e. The molecular weight excluding hydrogens is 201 g/mol. The molecule has 0 atom stereocenters. The van der Waals surface area contributed by atoms with Gasteiger partial charge in [-0.15, -0.1) is 0 Å². The van der Waals surface area contributed by atoms with E-state index in [-0.39, 0.29) is 5.82 Å². The van der Waals surface area contributed by atoms with Gasteiger partial charge >= 0.3 is 0 Å². The highest BCUT2D eigenvalue weighted by atomic mass is 19.1. The Hall–Kier alpha value is -1.15. The Bertz CT molecular complexity index is 371. The number of allylic oxidation sites excluding steroid dienone is 1. The second-order valence-corrected chi connectivity index (χ2v) is 4.31. The van der Waals surface area contributed by atoms with E-state index >= 15 is 0 Å². The van der Waals surface area contributed by atoms with Crippen LogP contribution in [0.1, 0.15) is 31.2 Å². The smallest absolute Gasteiger partial charge is 0.123 e. The number of hydrogen-bond donors (Lipinski definition) is 1. The fourth-order valence-electron chi connectivity index (χ4n) is 2.09. The van der Waals surface area contributed by atoms with Crippen molar-refractivity contribution in [3.63, 3.8) is 0 Å². The lowest BCUT2D eigenvalue weighted by atomic mass is 10.1. The molecule has 0 fully saturated rings. The molecule has 1 aromatic rings. The minimum absolute atomic E-state index is 0.155. The summed E-state index contributed by atoms with van der Waals surface area (Å²) in [6, 6.07) is 6.77. The molecule has 0 unspecified atom stereocenters. The van der Waals surface area contributed by atoms with Crippen molar-refractivity contribution in [3.05, 3.63) is 47.3 Å². The number of benzene rings is 1. The highest BCUT2D eigenvalue weighted by Gasteiger charge is 2.03. The standard InChI is InChI=1S/C14H18FN/c15-14-7-3-6-13(10-14)11-16-9-8-12-4-1-2-5-12/h3-4,6-7,10,16H,1-2,5,8-9,11H2. The van der Waals surface area contributed by atoms with E-state index in [9.17, 15) is 4.39 Å². The van der Waals surface area contributed by atoms with Crippen LogP contribution in [-0.2, 0) is 6.54 Å². The Kier molecular flexibility index (Phi) is 4.11. The molecule has 2 heteroatoms. The maximum Gasteiger partial charge on any atom is 0.123 e. The van der Waals surface area contributed by atoms with Crippen LogP contribution in [0.2, 0.25) is 0 Å². The molecule has 0 saturated heterocycles. The summed E-state index contributed by atoms with van der Waals surface area (Å²) < 4.78 is 12.9. The van der Waals surface area contributed by atoms with Crippen molar-refractivity contribution in [2.45, 2.75) is 32.2 Å². The second-order valence-electron chi connectivity index (χ2n) is 4.31. The zero-order valence-electron chi connectivity index (χ0n) is 9.51. The van der Waals surface area contributed by atoms with E-state index in [1.807, 2.05) is 6.07 Å².